The molecular weight excluding hydrogens is 364 g/mol. The number of fused-ring (bicyclic) bond motifs is 1. The number of nitriles is 1. The standard InChI is InChI=1S/C20H18N2O6/c1-2-7-27-20(26)22-16(10-19(24)25)17(23)12-28-18-9-14-6-4-3-5-13(14)8-15(18)11-21/h2-6,8-9,16H,1,7,10,12H2,(H,22,26)(H,24,25). The van der Waals surface area contributed by atoms with Crippen LogP contribution < -0.4 is 10.1 Å². The lowest BCUT2D eigenvalue weighted by Gasteiger charge is -2.16. The van der Waals surface area contributed by atoms with Crippen LogP contribution in [0.5, 0.6) is 5.75 Å². The van der Waals surface area contributed by atoms with Gasteiger partial charge < -0.3 is 19.9 Å². The molecule has 0 radical (unpaired) electrons. The minimum Gasteiger partial charge on any atom is -0.484 e. The summed E-state index contributed by atoms with van der Waals surface area (Å²) in [6.45, 7) is 2.78. The molecule has 8 heteroatoms. The van der Waals surface area contributed by atoms with Gasteiger partial charge >= 0.3 is 12.1 Å². The molecule has 0 heterocycles. The summed E-state index contributed by atoms with van der Waals surface area (Å²) in [4.78, 5) is 35.0. The van der Waals surface area contributed by atoms with Gasteiger partial charge in [-0.05, 0) is 22.9 Å². The third-order valence-corrected chi connectivity index (χ3v) is 3.73. The number of alkyl carbamates (subject to hydrolysis) is 1. The average Bonchev–Trinajstić information content (AvgIpc) is 2.68. The lowest BCUT2D eigenvalue weighted by atomic mass is 10.1. The molecule has 1 unspecified atom stereocenters. The Hall–Kier alpha value is -3.86. The summed E-state index contributed by atoms with van der Waals surface area (Å²) in [6.07, 6.45) is -0.239. The number of ketones is 1. The Bertz CT molecular complexity index is 947. The van der Waals surface area contributed by atoms with Gasteiger partial charge in [0.25, 0.3) is 0 Å². The van der Waals surface area contributed by atoms with Gasteiger partial charge in [0.15, 0.2) is 5.78 Å². The Labute approximate surface area is 161 Å². The van der Waals surface area contributed by atoms with Crippen molar-refractivity contribution in [2.24, 2.45) is 0 Å². The van der Waals surface area contributed by atoms with Crippen LogP contribution in [0, 0.1) is 11.3 Å². The van der Waals surface area contributed by atoms with Crippen LogP contribution in [0.4, 0.5) is 4.79 Å². The molecule has 0 saturated carbocycles. The predicted octanol–water partition coefficient (Wildman–Crippen LogP) is 2.41. The normalized spacial score (nSPS) is 11.1. The number of carboxylic acid groups (broad SMARTS) is 1. The molecule has 2 N–H and O–H groups in total. The van der Waals surface area contributed by atoms with Crippen molar-refractivity contribution in [3.63, 3.8) is 0 Å². The van der Waals surface area contributed by atoms with Crippen molar-refractivity contribution in [1.82, 2.24) is 5.32 Å². The number of carbonyl (C=O) groups excluding carboxylic acids is 2. The molecule has 0 aliphatic heterocycles. The van der Waals surface area contributed by atoms with Gasteiger partial charge in [0.05, 0.1) is 12.0 Å². The Kier molecular flexibility index (Phi) is 7.11. The van der Waals surface area contributed by atoms with E-state index in [9.17, 15) is 19.6 Å². The monoisotopic (exact) mass is 382 g/mol. The number of benzene rings is 2. The number of hydrogen-bond donors (Lipinski definition) is 2. The van der Waals surface area contributed by atoms with Gasteiger partial charge in [-0.25, -0.2) is 4.79 Å². The predicted molar refractivity (Wildman–Crippen MR) is 99.9 cm³/mol. The van der Waals surface area contributed by atoms with Gasteiger partial charge in [0, 0.05) is 0 Å². The van der Waals surface area contributed by atoms with Crippen molar-refractivity contribution in [3.8, 4) is 11.8 Å². The minimum atomic E-state index is -1.33. The molecule has 1 atom stereocenters. The fourth-order valence-electron chi connectivity index (χ4n) is 2.41. The van der Waals surface area contributed by atoms with E-state index in [0.717, 1.165) is 10.8 Å². The third kappa shape index (κ3) is 5.57. The number of amides is 1. The molecule has 28 heavy (non-hydrogen) atoms. The van der Waals surface area contributed by atoms with Gasteiger partial charge in [-0.2, -0.15) is 5.26 Å². The van der Waals surface area contributed by atoms with Gasteiger partial charge in [-0.1, -0.05) is 36.9 Å². The van der Waals surface area contributed by atoms with E-state index in [0.29, 0.717) is 0 Å². The largest absolute Gasteiger partial charge is 0.484 e. The quantitative estimate of drug-likeness (QED) is 0.638. The highest BCUT2D eigenvalue weighted by Crippen LogP contribution is 2.25. The lowest BCUT2D eigenvalue weighted by Crippen LogP contribution is -2.44. The van der Waals surface area contributed by atoms with Crippen molar-refractivity contribution in [1.29, 1.82) is 5.26 Å². The number of Topliss-reactive ketones (excluding diaryl/α,β-unsaturated/α-hetero) is 1. The third-order valence-electron chi connectivity index (χ3n) is 3.73. The van der Waals surface area contributed by atoms with E-state index >= 15 is 0 Å². The second kappa shape index (κ2) is 9.73. The number of aliphatic carboxylic acids is 1. The summed E-state index contributed by atoms with van der Waals surface area (Å²) in [6, 6.07) is 11.3. The van der Waals surface area contributed by atoms with Crippen LogP contribution >= 0.6 is 0 Å². The molecule has 0 aliphatic rings. The molecule has 0 bridgehead atoms. The molecule has 0 saturated heterocycles. The topological polar surface area (TPSA) is 126 Å². The van der Waals surface area contributed by atoms with Crippen molar-refractivity contribution in [2.75, 3.05) is 13.2 Å². The van der Waals surface area contributed by atoms with Crippen molar-refractivity contribution in [2.45, 2.75) is 12.5 Å². The first-order valence-electron chi connectivity index (χ1n) is 8.29. The molecule has 0 fully saturated rings. The maximum Gasteiger partial charge on any atom is 0.408 e. The smallest absolute Gasteiger partial charge is 0.408 e. The van der Waals surface area contributed by atoms with E-state index < -0.39 is 36.9 Å². The summed E-state index contributed by atoms with van der Waals surface area (Å²) in [7, 11) is 0. The molecule has 144 valence electrons. The first kappa shape index (κ1) is 20.5. The highest BCUT2D eigenvalue weighted by Gasteiger charge is 2.25. The van der Waals surface area contributed by atoms with E-state index in [2.05, 4.69) is 11.9 Å². The summed E-state index contributed by atoms with van der Waals surface area (Å²) in [5.74, 6) is -1.75. The molecule has 0 aromatic heterocycles. The number of carbonyl (C=O) groups is 3. The van der Waals surface area contributed by atoms with Crippen LogP contribution in [0.2, 0.25) is 0 Å². The van der Waals surface area contributed by atoms with Crippen LogP contribution in [0.1, 0.15) is 12.0 Å². The van der Waals surface area contributed by atoms with Gasteiger partial charge in [0.2, 0.25) is 0 Å². The minimum absolute atomic E-state index is 0.0844. The Morgan fingerprint density at radius 1 is 1.25 bits per heavy atom. The van der Waals surface area contributed by atoms with E-state index in [1.165, 1.54) is 6.08 Å². The highest BCUT2D eigenvalue weighted by molar-refractivity contribution is 5.92. The van der Waals surface area contributed by atoms with E-state index in [1.54, 1.807) is 12.1 Å². The summed E-state index contributed by atoms with van der Waals surface area (Å²) >= 11 is 0. The van der Waals surface area contributed by atoms with E-state index in [-0.39, 0.29) is 17.9 Å². The van der Waals surface area contributed by atoms with Crippen LogP contribution in [0.25, 0.3) is 10.8 Å². The Balaban J connectivity index is 2.11. The van der Waals surface area contributed by atoms with Crippen LogP contribution in [0.3, 0.4) is 0 Å². The van der Waals surface area contributed by atoms with Gasteiger partial charge in [-0.15, -0.1) is 0 Å². The molecular formula is C20H18N2O6. The first-order valence-corrected chi connectivity index (χ1v) is 8.29. The highest BCUT2D eigenvalue weighted by atomic mass is 16.5. The fraction of sp³-hybridized carbons (Fsp3) is 0.200. The molecule has 0 aliphatic carbocycles. The SMILES string of the molecule is C=CCOC(=O)NC(CC(=O)O)C(=O)COc1cc2ccccc2cc1C#N. The second-order valence-electron chi connectivity index (χ2n) is 5.74. The Morgan fingerprint density at radius 3 is 2.54 bits per heavy atom. The first-order chi connectivity index (χ1) is 13.4. The summed E-state index contributed by atoms with van der Waals surface area (Å²) in [5, 5.41) is 22.1. The van der Waals surface area contributed by atoms with E-state index in [4.69, 9.17) is 14.6 Å². The molecule has 8 nitrogen and oxygen atoms in total. The van der Waals surface area contributed by atoms with Crippen LogP contribution in [-0.2, 0) is 14.3 Å². The van der Waals surface area contributed by atoms with Crippen LogP contribution in [0.15, 0.2) is 49.1 Å². The number of nitrogens with one attached hydrogen (secondary N) is 1. The number of ether oxygens (including phenoxy) is 2. The molecule has 0 spiro atoms. The summed E-state index contributed by atoms with van der Waals surface area (Å²) in [5.41, 5.74) is 0.236. The molecule has 1 amide bonds. The van der Waals surface area contributed by atoms with Crippen molar-refractivity contribution < 1.29 is 29.0 Å². The Morgan fingerprint density at radius 2 is 1.93 bits per heavy atom. The number of nitrogens with zero attached hydrogens (tertiary/aromatic N) is 1. The van der Waals surface area contributed by atoms with Gasteiger partial charge in [0.1, 0.15) is 31.1 Å². The number of hydrogen-bond acceptors (Lipinski definition) is 6. The molecule has 2 rings (SSSR count). The van der Waals surface area contributed by atoms with Crippen molar-refractivity contribution >= 4 is 28.6 Å². The summed E-state index contributed by atoms with van der Waals surface area (Å²) < 4.78 is 10.2. The fourth-order valence-corrected chi connectivity index (χ4v) is 2.41. The second-order valence-corrected chi connectivity index (χ2v) is 5.74. The molecule has 2 aromatic rings. The zero-order valence-corrected chi connectivity index (χ0v) is 14.9. The van der Waals surface area contributed by atoms with E-state index in [1.807, 2.05) is 30.3 Å². The zero-order chi connectivity index (χ0) is 20.5. The lowest BCUT2D eigenvalue weighted by molar-refractivity contribution is -0.139. The van der Waals surface area contributed by atoms with Crippen molar-refractivity contribution in [3.05, 3.63) is 54.6 Å². The number of carboxylic acids is 1. The van der Waals surface area contributed by atoms with Gasteiger partial charge in [-0.3, -0.25) is 9.59 Å². The average molecular weight is 382 g/mol. The maximum absolute atomic E-state index is 12.4. The maximum atomic E-state index is 12.4. The number of rotatable bonds is 9. The molecule has 2 aromatic carbocycles. The van der Waals surface area contributed by atoms with Crippen LogP contribution in [-0.4, -0.2) is 42.2 Å². The zero-order valence-electron chi connectivity index (χ0n) is 14.9.